The van der Waals surface area contributed by atoms with Crippen molar-refractivity contribution < 1.29 is 19.1 Å². The van der Waals surface area contributed by atoms with Crippen LogP contribution in [0.25, 0.3) is 0 Å². The van der Waals surface area contributed by atoms with Gasteiger partial charge in [-0.2, -0.15) is 0 Å². The van der Waals surface area contributed by atoms with Gasteiger partial charge < -0.3 is 10.4 Å². The van der Waals surface area contributed by atoms with Gasteiger partial charge in [0, 0.05) is 5.56 Å². The molecule has 1 amide bonds. The van der Waals surface area contributed by atoms with E-state index in [2.05, 4.69) is 21.2 Å². The van der Waals surface area contributed by atoms with Crippen molar-refractivity contribution in [3.05, 3.63) is 34.1 Å². The molecule has 0 bridgehead atoms. The average Bonchev–Trinajstić information content (AvgIpc) is 2.21. The number of aliphatic carboxylic acids is 1. The van der Waals surface area contributed by atoms with Crippen molar-refractivity contribution in [1.82, 2.24) is 5.32 Å². The highest BCUT2D eigenvalue weighted by Gasteiger charge is 2.15. The lowest BCUT2D eigenvalue weighted by atomic mass is 10.2. The number of benzene rings is 1. The third kappa shape index (κ3) is 3.03. The van der Waals surface area contributed by atoms with Gasteiger partial charge in [0.05, 0.1) is 4.47 Å². The van der Waals surface area contributed by atoms with Crippen molar-refractivity contribution in [3.63, 3.8) is 0 Å². The van der Waals surface area contributed by atoms with Crippen LogP contribution in [0.4, 0.5) is 4.39 Å². The molecule has 0 fully saturated rings. The number of nitrogens with one attached hydrogen (secondary N) is 1. The van der Waals surface area contributed by atoms with Gasteiger partial charge in [-0.05, 0) is 41.1 Å². The van der Waals surface area contributed by atoms with Crippen molar-refractivity contribution in [2.75, 3.05) is 0 Å². The molecule has 0 aliphatic rings. The molecule has 0 unspecified atom stereocenters. The minimum absolute atomic E-state index is 0.0776. The molecule has 1 aromatic carbocycles. The van der Waals surface area contributed by atoms with Crippen LogP contribution in [0.1, 0.15) is 17.3 Å². The quantitative estimate of drug-likeness (QED) is 0.892. The number of amides is 1. The maximum Gasteiger partial charge on any atom is 0.325 e. The van der Waals surface area contributed by atoms with Gasteiger partial charge in [-0.25, -0.2) is 4.39 Å². The molecular formula is C10H9BrFNO3. The van der Waals surface area contributed by atoms with Crippen molar-refractivity contribution >= 4 is 27.8 Å². The molecule has 0 aromatic heterocycles. The van der Waals surface area contributed by atoms with Gasteiger partial charge in [-0.1, -0.05) is 0 Å². The highest BCUT2D eigenvalue weighted by Crippen LogP contribution is 2.16. The summed E-state index contributed by atoms with van der Waals surface area (Å²) in [5.74, 6) is -2.34. The summed E-state index contributed by atoms with van der Waals surface area (Å²) in [7, 11) is 0. The number of hydrogen-bond acceptors (Lipinski definition) is 2. The average molecular weight is 290 g/mol. The van der Waals surface area contributed by atoms with Crippen LogP contribution in [0.2, 0.25) is 0 Å². The Bertz CT molecular complexity index is 436. The Labute approximate surface area is 99.6 Å². The van der Waals surface area contributed by atoms with E-state index in [1.54, 1.807) is 0 Å². The molecule has 1 aromatic rings. The minimum Gasteiger partial charge on any atom is -0.480 e. The molecule has 0 aliphatic heterocycles. The molecule has 2 N–H and O–H groups in total. The second-order valence-electron chi connectivity index (χ2n) is 3.16. The van der Waals surface area contributed by atoms with Crippen LogP contribution in [-0.4, -0.2) is 23.0 Å². The number of carbonyl (C=O) groups excluding carboxylic acids is 1. The minimum atomic E-state index is -1.15. The van der Waals surface area contributed by atoms with E-state index in [9.17, 15) is 14.0 Å². The summed E-state index contributed by atoms with van der Waals surface area (Å²) >= 11 is 2.95. The Balaban J connectivity index is 2.81. The second-order valence-corrected chi connectivity index (χ2v) is 4.02. The lowest BCUT2D eigenvalue weighted by molar-refractivity contribution is -0.138. The molecule has 0 radical (unpaired) electrons. The summed E-state index contributed by atoms with van der Waals surface area (Å²) in [5.41, 5.74) is 0.0776. The number of carboxylic acid groups (broad SMARTS) is 1. The maximum atomic E-state index is 13.1. The largest absolute Gasteiger partial charge is 0.480 e. The summed E-state index contributed by atoms with van der Waals surface area (Å²) in [4.78, 5) is 22.0. The summed E-state index contributed by atoms with van der Waals surface area (Å²) in [6.45, 7) is 1.33. The molecule has 0 aliphatic carbocycles. The predicted molar refractivity (Wildman–Crippen MR) is 58.7 cm³/mol. The summed E-state index contributed by atoms with van der Waals surface area (Å²) < 4.78 is 13.3. The Morgan fingerprint density at radius 3 is 2.62 bits per heavy atom. The maximum absolute atomic E-state index is 13.1. The standard InChI is InChI=1S/C10H9BrFNO3/c1-5(10(15)16)13-9(14)6-2-3-7(11)8(12)4-6/h2-5H,1H3,(H,13,14)(H,15,16)/t5-/m1/s1. The molecule has 0 spiro atoms. The zero-order valence-electron chi connectivity index (χ0n) is 8.33. The molecular weight excluding hydrogens is 281 g/mol. The molecule has 4 nitrogen and oxygen atoms in total. The van der Waals surface area contributed by atoms with Crippen molar-refractivity contribution in [2.24, 2.45) is 0 Å². The van der Waals surface area contributed by atoms with E-state index in [-0.39, 0.29) is 10.0 Å². The van der Waals surface area contributed by atoms with Gasteiger partial charge in [-0.3, -0.25) is 9.59 Å². The van der Waals surface area contributed by atoms with E-state index in [1.807, 2.05) is 0 Å². The fourth-order valence-electron chi connectivity index (χ4n) is 0.979. The van der Waals surface area contributed by atoms with Crippen molar-refractivity contribution in [1.29, 1.82) is 0 Å². The Kier molecular flexibility index (Phi) is 4.00. The van der Waals surface area contributed by atoms with Crippen molar-refractivity contribution in [3.8, 4) is 0 Å². The number of halogens is 2. The molecule has 0 saturated heterocycles. The van der Waals surface area contributed by atoms with E-state index >= 15 is 0 Å². The van der Waals surface area contributed by atoms with Gasteiger partial charge in [0.15, 0.2) is 0 Å². The van der Waals surface area contributed by atoms with Crippen LogP contribution in [0.3, 0.4) is 0 Å². The number of carbonyl (C=O) groups is 2. The number of hydrogen-bond donors (Lipinski definition) is 2. The van der Waals surface area contributed by atoms with E-state index in [4.69, 9.17) is 5.11 Å². The third-order valence-corrected chi connectivity index (χ3v) is 2.54. The van der Waals surface area contributed by atoms with Crippen LogP contribution in [0.5, 0.6) is 0 Å². The lowest BCUT2D eigenvalue weighted by Gasteiger charge is -2.09. The topological polar surface area (TPSA) is 66.4 Å². The normalized spacial score (nSPS) is 11.9. The van der Waals surface area contributed by atoms with E-state index < -0.39 is 23.7 Å². The van der Waals surface area contributed by atoms with Crippen LogP contribution < -0.4 is 5.32 Å². The second kappa shape index (κ2) is 5.07. The van der Waals surface area contributed by atoms with Gasteiger partial charge in [0.1, 0.15) is 11.9 Å². The third-order valence-electron chi connectivity index (χ3n) is 1.90. The monoisotopic (exact) mass is 289 g/mol. The molecule has 0 saturated carbocycles. The number of carboxylic acids is 1. The first kappa shape index (κ1) is 12.6. The van der Waals surface area contributed by atoms with Crippen LogP contribution >= 0.6 is 15.9 Å². The first-order valence-corrected chi connectivity index (χ1v) is 5.20. The number of rotatable bonds is 3. The Hall–Kier alpha value is -1.43. The van der Waals surface area contributed by atoms with Crippen LogP contribution in [-0.2, 0) is 4.79 Å². The van der Waals surface area contributed by atoms with Crippen LogP contribution in [0, 0.1) is 5.82 Å². The fourth-order valence-corrected chi connectivity index (χ4v) is 1.23. The van der Waals surface area contributed by atoms with Crippen molar-refractivity contribution in [2.45, 2.75) is 13.0 Å². The highest BCUT2D eigenvalue weighted by molar-refractivity contribution is 9.10. The zero-order chi connectivity index (χ0) is 12.3. The summed E-state index contributed by atoms with van der Waals surface area (Å²) in [6, 6.07) is 2.81. The van der Waals surface area contributed by atoms with Gasteiger partial charge in [0.25, 0.3) is 5.91 Å². The first-order valence-electron chi connectivity index (χ1n) is 4.40. The van der Waals surface area contributed by atoms with Gasteiger partial charge >= 0.3 is 5.97 Å². The van der Waals surface area contributed by atoms with E-state index in [0.717, 1.165) is 6.07 Å². The fraction of sp³-hybridized carbons (Fsp3) is 0.200. The summed E-state index contributed by atoms with van der Waals surface area (Å²) in [5, 5.41) is 10.8. The zero-order valence-corrected chi connectivity index (χ0v) is 9.92. The van der Waals surface area contributed by atoms with E-state index in [1.165, 1.54) is 19.1 Å². The Morgan fingerprint density at radius 2 is 2.12 bits per heavy atom. The molecule has 0 heterocycles. The highest BCUT2D eigenvalue weighted by atomic mass is 79.9. The van der Waals surface area contributed by atoms with Gasteiger partial charge in [0.2, 0.25) is 0 Å². The Morgan fingerprint density at radius 1 is 1.50 bits per heavy atom. The smallest absolute Gasteiger partial charge is 0.325 e. The molecule has 1 atom stereocenters. The SMILES string of the molecule is C[C@@H](NC(=O)c1ccc(Br)c(F)c1)C(=O)O. The summed E-state index contributed by atoms with van der Waals surface area (Å²) in [6.07, 6.45) is 0. The lowest BCUT2D eigenvalue weighted by Crippen LogP contribution is -2.38. The molecule has 16 heavy (non-hydrogen) atoms. The molecule has 1 rings (SSSR count). The molecule has 6 heteroatoms. The first-order chi connectivity index (χ1) is 7.41. The predicted octanol–water partition coefficient (Wildman–Crippen LogP) is 1.79. The van der Waals surface area contributed by atoms with Crippen LogP contribution in [0.15, 0.2) is 22.7 Å². The van der Waals surface area contributed by atoms with E-state index in [0.29, 0.717) is 0 Å². The van der Waals surface area contributed by atoms with Gasteiger partial charge in [-0.15, -0.1) is 0 Å². The molecule has 86 valence electrons.